The number of hydrogen-bond acceptors (Lipinski definition) is 6. The van der Waals surface area contributed by atoms with Crippen molar-refractivity contribution in [1.29, 1.82) is 0 Å². The molecule has 12 heteroatoms. The van der Waals surface area contributed by atoms with Gasteiger partial charge >= 0.3 is 0 Å². The highest BCUT2D eigenvalue weighted by atomic mass is 32.2. The third-order valence-corrected chi connectivity index (χ3v) is 4.86. The maximum absolute atomic E-state index is 11.9. The molecular weight excluding hydrogens is 364 g/mol. The SMILES string of the molecule is O=C(Cc1ccccc1S(=O)(=O)O)NC1CN(CS(=O)(=O)O)C1=O. The molecule has 3 N–H and O–H groups in total. The Morgan fingerprint density at radius 1 is 1.21 bits per heavy atom. The molecule has 1 aliphatic heterocycles. The summed E-state index contributed by atoms with van der Waals surface area (Å²) >= 11 is 0. The minimum Gasteiger partial charge on any atom is -0.342 e. The molecule has 1 aromatic carbocycles. The Hall–Kier alpha value is -2.02. The number of benzene rings is 1. The van der Waals surface area contributed by atoms with Crippen molar-refractivity contribution in [3.8, 4) is 0 Å². The van der Waals surface area contributed by atoms with Crippen LogP contribution in [0.2, 0.25) is 0 Å². The second kappa shape index (κ2) is 6.47. The lowest BCUT2D eigenvalue weighted by molar-refractivity contribution is -0.145. The monoisotopic (exact) mass is 378 g/mol. The van der Waals surface area contributed by atoms with Gasteiger partial charge in [0.1, 0.15) is 11.9 Å². The highest BCUT2D eigenvalue weighted by Gasteiger charge is 2.39. The van der Waals surface area contributed by atoms with Gasteiger partial charge in [0, 0.05) is 0 Å². The van der Waals surface area contributed by atoms with Gasteiger partial charge in [0.25, 0.3) is 20.2 Å². The summed E-state index contributed by atoms with van der Waals surface area (Å²) in [5.41, 5.74) is 0.0547. The van der Waals surface area contributed by atoms with Crippen LogP contribution in [-0.2, 0) is 36.2 Å². The Morgan fingerprint density at radius 2 is 1.83 bits per heavy atom. The smallest absolute Gasteiger partial charge is 0.294 e. The minimum atomic E-state index is -4.49. The van der Waals surface area contributed by atoms with E-state index in [4.69, 9.17) is 9.11 Å². The van der Waals surface area contributed by atoms with Gasteiger partial charge in [-0.25, -0.2) is 0 Å². The molecule has 24 heavy (non-hydrogen) atoms. The molecule has 1 unspecified atom stereocenters. The second-order valence-electron chi connectivity index (χ2n) is 5.15. The van der Waals surface area contributed by atoms with Crippen LogP contribution >= 0.6 is 0 Å². The van der Waals surface area contributed by atoms with Gasteiger partial charge in [-0.15, -0.1) is 0 Å². The normalized spacial score (nSPS) is 18.2. The maximum atomic E-state index is 11.9. The van der Waals surface area contributed by atoms with Crippen molar-refractivity contribution in [3.63, 3.8) is 0 Å². The van der Waals surface area contributed by atoms with Crippen molar-refractivity contribution in [1.82, 2.24) is 10.2 Å². The van der Waals surface area contributed by atoms with Gasteiger partial charge < -0.3 is 10.2 Å². The Bertz CT molecular complexity index is 878. The van der Waals surface area contributed by atoms with E-state index in [0.29, 0.717) is 0 Å². The van der Waals surface area contributed by atoms with Gasteiger partial charge in [0.15, 0.2) is 0 Å². The van der Waals surface area contributed by atoms with Crippen molar-refractivity contribution in [2.24, 2.45) is 0 Å². The standard InChI is InChI=1S/C12H14N2O8S2/c15-11(5-8-3-1-2-4-10(8)24(20,21)22)13-9-6-14(12(9)16)7-23(17,18)19/h1-4,9H,5-7H2,(H,13,15)(H,17,18,19)(H,20,21,22). The first-order chi connectivity index (χ1) is 11.0. The van der Waals surface area contributed by atoms with E-state index in [-0.39, 0.29) is 12.1 Å². The predicted molar refractivity (Wildman–Crippen MR) is 80.0 cm³/mol. The summed E-state index contributed by atoms with van der Waals surface area (Å²) in [4.78, 5) is 24.0. The van der Waals surface area contributed by atoms with E-state index < -0.39 is 55.3 Å². The lowest BCUT2D eigenvalue weighted by Gasteiger charge is -2.37. The molecule has 0 aliphatic carbocycles. The number of nitrogens with one attached hydrogen (secondary N) is 1. The fourth-order valence-electron chi connectivity index (χ4n) is 2.24. The van der Waals surface area contributed by atoms with Crippen molar-refractivity contribution < 1.29 is 35.5 Å². The zero-order chi connectivity index (χ0) is 18.1. The van der Waals surface area contributed by atoms with Crippen LogP contribution in [0.3, 0.4) is 0 Å². The predicted octanol–water partition coefficient (Wildman–Crippen LogP) is -1.35. The molecule has 1 atom stereocenters. The van der Waals surface area contributed by atoms with Gasteiger partial charge in [0.05, 0.1) is 17.9 Å². The Morgan fingerprint density at radius 3 is 2.38 bits per heavy atom. The van der Waals surface area contributed by atoms with Crippen LogP contribution in [-0.4, -0.2) is 61.1 Å². The van der Waals surface area contributed by atoms with E-state index in [1.807, 2.05) is 0 Å². The number of carbonyl (C=O) groups is 2. The first-order valence-electron chi connectivity index (χ1n) is 6.56. The van der Waals surface area contributed by atoms with Crippen molar-refractivity contribution >= 4 is 32.1 Å². The second-order valence-corrected chi connectivity index (χ2v) is 7.96. The summed E-state index contributed by atoms with van der Waals surface area (Å²) in [6, 6.07) is 4.40. The average Bonchev–Trinajstić information content (AvgIpc) is 2.44. The van der Waals surface area contributed by atoms with Gasteiger partial charge in [-0.2, -0.15) is 16.8 Å². The molecule has 1 fully saturated rings. The number of β-lactam (4-membered cyclic amide) rings is 1. The van der Waals surface area contributed by atoms with E-state index in [2.05, 4.69) is 5.32 Å². The molecule has 10 nitrogen and oxygen atoms in total. The Labute approximate surface area is 138 Å². The van der Waals surface area contributed by atoms with Crippen molar-refractivity contribution in [2.75, 3.05) is 12.4 Å². The molecular formula is C12H14N2O8S2. The minimum absolute atomic E-state index is 0.0547. The average molecular weight is 378 g/mol. The van der Waals surface area contributed by atoms with Crippen molar-refractivity contribution in [3.05, 3.63) is 29.8 Å². The largest absolute Gasteiger partial charge is 0.342 e. The molecule has 132 valence electrons. The van der Waals surface area contributed by atoms with E-state index in [1.165, 1.54) is 18.2 Å². The molecule has 2 rings (SSSR count). The summed E-state index contributed by atoms with van der Waals surface area (Å²) in [6.45, 7) is -0.0929. The van der Waals surface area contributed by atoms with Gasteiger partial charge in [0.2, 0.25) is 11.8 Å². The van der Waals surface area contributed by atoms with Gasteiger partial charge in [-0.3, -0.25) is 18.7 Å². The first-order valence-corrected chi connectivity index (χ1v) is 9.61. The van der Waals surface area contributed by atoms with Crippen LogP contribution in [0.4, 0.5) is 0 Å². The number of likely N-dealkylation sites (tertiary alicyclic amines) is 1. The maximum Gasteiger partial charge on any atom is 0.294 e. The van der Waals surface area contributed by atoms with Gasteiger partial charge in [-0.1, -0.05) is 18.2 Å². The van der Waals surface area contributed by atoms with E-state index in [0.717, 1.165) is 11.0 Å². The number of nitrogens with zero attached hydrogens (tertiary/aromatic N) is 1. The van der Waals surface area contributed by atoms with E-state index >= 15 is 0 Å². The fraction of sp³-hybridized carbons (Fsp3) is 0.333. The summed E-state index contributed by atoms with van der Waals surface area (Å²) in [5, 5.41) is 2.33. The summed E-state index contributed by atoms with van der Waals surface area (Å²) in [5.74, 6) is -2.20. The zero-order valence-corrected chi connectivity index (χ0v) is 13.7. The molecule has 1 aromatic rings. The molecule has 1 saturated heterocycles. The van der Waals surface area contributed by atoms with Crippen LogP contribution in [0.1, 0.15) is 5.56 Å². The quantitative estimate of drug-likeness (QED) is 0.405. The first kappa shape index (κ1) is 18.3. The molecule has 0 spiro atoms. The summed E-state index contributed by atoms with van der Waals surface area (Å²) in [6.07, 6.45) is -0.391. The highest BCUT2D eigenvalue weighted by Crippen LogP contribution is 2.16. The topological polar surface area (TPSA) is 158 Å². The highest BCUT2D eigenvalue weighted by molar-refractivity contribution is 7.86. The summed E-state index contributed by atoms with van der Waals surface area (Å²) < 4.78 is 61.6. The number of hydrogen-bond donors (Lipinski definition) is 3. The molecule has 0 radical (unpaired) electrons. The Balaban J connectivity index is 1.98. The molecule has 2 amide bonds. The number of rotatable bonds is 6. The van der Waals surface area contributed by atoms with Gasteiger partial charge in [-0.05, 0) is 11.6 Å². The lowest BCUT2D eigenvalue weighted by Crippen LogP contribution is -2.64. The number of amides is 2. The Kier molecular flexibility index (Phi) is 4.94. The van der Waals surface area contributed by atoms with Crippen LogP contribution < -0.4 is 5.32 Å². The fourth-order valence-corrected chi connectivity index (χ4v) is 3.59. The molecule has 1 heterocycles. The van der Waals surface area contributed by atoms with E-state index in [9.17, 15) is 26.4 Å². The zero-order valence-electron chi connectivity index (χ0n) is 12.1. The molecule has 0 bridgehead atoms. The lowest BCUT2D eigenvalue weighted by atomic mass is 10.1. The van der Waals surface area contributed by atoms with Crippen LogP contribution in [0, 0.1) is 0 Å². The number of carbonyl (C=O) groups excluding carboxylic acids is 2. The van der Waals surface area contributed by atoms with Crippen LogP contribution in [0.15, 0.2) is 29.2 Å². The molecule has 0 saturated carbocycles. The van der Waals surface area contributed by atoms with Crippen molar-refractivity contribution in [2.45, 2.75) is 17.4 Å². The molecule has 0 aromatic heterocycles. The van der Waals surface area contributed by atoms with Crippen LogP contribution in [0.5, 0.6) is 0 Å². The molecule has 1 aliphatic rings. The third kappa shape index (κ3) is 4.50. The third-order valence-electron chi connectivity index (χ3n) is 3.27. The van der Waals surface area contributed by atoms with E-state index in [1.54, 1.807) is 0 Å². The summed E-state index contributed by atoms with van der Waals surface area (Å²) in [7, 11) is -8.83. The van der Waals surface area contributed by atoms with Crippen LogP contribution in [0.25, 0.3) is 0 Å².